The number of rotatable bonds is 2. The highest BCUT2D eigenvalue weighted by Gasteiger charge is 2.31. The first-order valence-electron chi connectivity index (χ1n) is 6.35. The first-order chi connectivity index (χ1) is 9.70. The van der Waals surface area contributed by atoms with Crippen LogP contribution in [0.5, 0.6) is 0 Å². The maximum atomic E-state index is 12.1. The van der Waals surface area contributed by atoms with E-state index in [4.69, 9.17) is 0 Å². The number of carbonyl (C=O) groups excluding carboxylic acids is 1. The summed E-state index contributed by atoms with van der Waals surface area (Å²) in [5, 5.41) is 6.83. The van der Waals surface area contributed by atoms with Crippen LogP contribution in [0.25, 0.3) is 10.9 Å². The predicted octanol–water partition coefficient (Wildman–Crippen LogP) is 2.13. The Bertz CT molecular complexity index is 713. The lowest BCUT2D eigenvalue weighted by Gasteiger charge is -2.11. The molecule has 2 N–H and O–H groups in total. The number of pyridine rings is 1. The molecule has 1 amide bonds. The number of nitrogens with zero attached hydrogens (tertiary/aromatic N) is 2. The number of amides is 1. The Morgan fingerprint density at radius 2 is 2.25 bits per heavy atom. The monoisotopic (exact) mass is 332 g/mol. The minimum absolute atomic E-state index is 0.105. The summed E-state index contributed by atoms with van der Waals surface area (Å²) in [5.41, 5.74) is 1.66. The molecule has 0 spiro atoms. The molecule has 0 radical (unpaired) electrons. The highest BCUT2D eigenvalue weighted by Crippen LogP contribution is 2.29. The molecular formula is C14H13BrN4O. The first kappa shape index (κ1) is 13.1. The van der Waals surface area contributed by atoms with Gasteiger partial charge in [0, 0.05) is 28.2 Å². The second-order valence-electron chi connectivity index (χ2n) is 4.43. The van der Waals surface area contributed by atoms with E-state index in [1.807, 2.05) is 31.2 Å². The van der Waals surface area contributed by atoms with Crippen LogP contribution < -0.4 is 10.6 Å². The number of aliphatic imine (C=N–C) groups is 1. The van der Waals surface area contributed by atoms with Crippen LogP contribution in [-0.4, -0.2) is 23.4 Å². The van der Waals surface area contributed by atoms with Crippen molar-refractivity contribution < 1.29 is 4.79 Å². The van der Waals surface area contributed by atoms with Crippen molar-refractivity contribution >= 4 is 38.7 Å². The van der Waals surface area contributed by atoms with Crippen molar-refractivity contribution in [3.8, 4) is 0 Å². The molecule has 20 heavy (non-hydrogen) atoms. The largest absolute Gasteiger partial charge is 0.340 e. The third kappa shape index (κ3) is 2.16. The molecular weight excluding hydrogens is 320 g/mol. The molecule has 102 valence electrons. The van der Waals surface area contributed by atoms with E-state index in [2.05, 4.69) is 36.5 Å². The van der Waals surface area contributed by atoms with Gasteiger partial charge in [-0.3, -0.25) is 20.1 Å². The molecule has 1 aromatic heterocycles. The fraction of sp³-hybridized carbons (Fsp3) is 0.214. The molecule has 0 saturated carbocycles. The number of hydrogen-bond acceptors (Lipinski definition) is 3. The number of aromatic nitrogens is 1. The smallest absolute Gasteiger partial charge is 0.253 e. The average Bonchev–Trinajstić information content (AvgIpc) is 2.81. The lowest BCUT2D eigenvalue weighted by molar-refractivity contribution is -0.120. The summed E-state index contributed by atoms with van der Waals surface area (Å²) in [4.78, 5) is 20.7. The van der Waals surface area contributed by atoms with Crippen LogP contribution in [-0.2, 0) is 4.79 Å². The number of halogens is 1. The minimum atomic E-state index is -0.453. The van der Waals surface area contributed by atoms with Gasteiger partial charge in [-0.1, -0.05) is 28.1 Å². The van der Waals surface area contributed by atoms with Gasteiger partial charge in [-0.05, 0) is 19.1 Å². The summed E-state index contributed by atoms with van der Waals surface area (Å²) in [6.45, 7) is 2.54. The molecule has 0 bridgehead atoms. The molecule has 1 saturated heterocycles. The van der Waals surface area contributed by atoms with Gasteiger partial charge in [0.25, 0.3) is 5.91 Å². The van der Waals surface area contributed by atoms with E-state index in [1.54, 1.807) is 6.20 Å². The molecule has 1 aliphatic heterocycles. The molecule has 1 aromatic carbocycles. The SMILES string of the molecule is CCN=C1NC(=O)C(c2ccc(Br)c3cccnc23)N1. The topological polar surface area (TPSA) is 66.4 Å². The number of fused-ring (bicyclic) bond motifs is 1. The van der Waals surface area contributed by atoms with Crippen LogP contribution >= 0.6 is 15.9 Å². The third-order valence-electron chi connectivity index (χ3n) is 3.16. The quantitative estimate of drug-likeness (QED) is 0.885. The van der Waals surface area contributed by atoms with Crippen LogP contribution in [0, 0.1) is 0 Å². The van der Waals surface area contributed by atoms with Gasteiger partial charge < -0.3 is 5.32 Å². The van der Waals surface area contributed by atoms with Gasteiger partial charge in [0.15, 0.2) is 5.96 Å². The highest BCUT2D eigenvalue weighted by atomic mass is 79.9. The van der Waals surface area contributed by atoms with Gasteiger partial charge in [0.1, 0.15) is 6.04 Å². The van der Waals surface area contributed by atoms with Gasteiger partial charge in [-0.25, -0.2) is 0 Å². The Morgan fingerprint density at radius 1 is 1.40 bits per heavy atom. The van der Waals surface area contributed by atoms with Crippen molar-refractivity contribution in [2.45, 2.75) is 13.0 Å². The zero-order valence-electron chi connectivity index (χ0n) is 10.9. The fourth-order valence-electron chi connectivity index (χ4n) is 2.28. The molecule has 5 nitrogen and oxygen atoms in total. The van der Waals surface area contributed by atoms with Crippen LogP contribution in [0.1, 0.15) is 18.5 Å². The van der Waals surface area contributed by atoms with Gasteiger partial charge in [-0.15, -0.1) is 0 Å². The van der Waals surface area contributed by atoms with Gasteiger partial charge in [0.2, 0.25) is 0 Å². The minimum Gasteiger partial charge on any atom is -0.340 e. The van der Waals surface area contributed by atoms with E-state index >= 15 is 0 Å². The summed E-state index contributed by atoms with van der Waals surface area (Å²) >= 11 is 3.51. The maximum Gasteiger partial charge on any atom is 0.253 e. The highest BCUT2D eigenvalue weighted by molar-refractivity contribution is 9.10. The van der Waals surface area contributed by atoms with E-state index in [9.17, 15) is 4.79 Å². The number of guanidine groups is 1. The summed E-state index contributed by atoms with van der Waals surface area (Å²) in [5.74, 6) is 0.418. The lowest BCUT2D eigenvalue weighted by Crippen LogP contribution is -2.25. The van der Waals surface area contributed by atoms with Crippen LogP contribution in [0.15, 0.2) is 39.9 Å². The van der Waals surface area contributed by atoms with Crippen molar-refractivity contribution in [2.75, 3.05) is 6.54 Å². The summed E-state index contributed by atoms with van der Waals surface area (Å²) in [7, 11) is 0. The second-order valence-corrected chi connectivity index (χ2v) is 5.28. The van der Waals surface area contributed by atoms with Gasteiger partial charge in [0.05, 0.1) is 5.52 Å². The fourth-order valence-corrected chi connectivity index (χ4v) is 2.73. The molecule has 2 aromatic rings. The zero-order valence-corrected chi connectivity index (χ0v) is 12.4. The van der Waals surface area contributed by atoms with Crippen molar-refractivity contribution in [2.24, 2.45) is 4.99 Å². The maximum absolute atomic E-state index is 12.1. The van der Waals surface area contributed by atoms with Crippen LogP contribution in [0.3, 0.4) is 0 Å². The number of benzene rings is 1. The lowest BCUT2D eigenvalue weighted by atomic mass is 10.0. The van der Waals surface area contributed by atoms with Crippen molar-refractivity contribution in [1.29, 1.82) is 0 Å². The summed E-state index contributed by atoms with van der Waals surface area (Å²) in [6, 6.07) is 7.24. The van der Waals surface area contributed by atoms with E-state index in [1.165, 1.54) is 0 Å². The third-order valence-corrected chi connectivity index (χ3v) is 3.85. The standard InChI is InChI=1S/C14H13BrN4O/c1-2-16-14-18-12(13(20)19-14)9-5-6-10(15)8-4-3-7-17-11(8)9/h3-7,12H,2H2,1H3,(H2,16,18,19,20). The van der Waals surface area contributed by atoms with Crippen LogP contribution in [0.2, 0.25) is 0 Å². The van der Waals surface area contributed by atoms with Crippen molar-refractivity contribution in [3.05, 3.63) is 40.5 Å². The molecule has 3 rings (SSSR count). The van der Waals surface area contributed by atoms with E-state index in [-0.39, 0.29) is 5.91 Å². The van der Waals surface area contributed by atoms with Crippen molar-refractivity contribution in [1.82, 2.24) is 15.6 Å². The molecule has 1 aliphatic rings. The first-order valence-corrected chi connectivity index (χ1v) is 7.15. The Labute approximate surface area is 124 Å². The van der Waals surface area contributed by atoms with E-state index in [0.29, 0.717) is 12.5 Å². The zero-order chi connectivity index (χ0) is 14.1. The second kappa shape index (κ2) is 5.20. The molecule has 1 unspecified atom stereocenters. The van der Waals surface area contributed by atoms with Gasteiger partial charge in [-0.2, -0.15) is 0 Å². The average molecular weight is 333 g/mol. The van der Waals surface area contributed by atoms with Crippen molar-refractivity contribution in [3.63, 3.8) is 0 Å². The predicted molar refractivity (Wildman–Crippen MR) is 81.4 cm³/mol. The number of carbonyl (C=O) groups is 1. The van der Waals surface area contributed by atoms with Gasteiger partial charge >= 0.3 is 0 Å². The molecule has 1 atom stereocenters. The molecule has 2 heterocycles. The molecule has 6 heteroatoms. The molecule has 1 fully saturated rings. The molecule has 0 aliphatic carbocycles. The summed E-state index contributed by atoms with van der Waals surface area (Å²) in [6.07, 6.45) is 1.73. The van der Waals surface area contributed by atoms with E-state index in [0.717, 1.165) is 20.9 Å². The normalized spacial score (nSPS) is 20.2. The number of nitrogens with one attached hydrogen (secondary N) is 2. The number of hydrogen-bond donors (Lipinski definition) is 2. The Hall–Kier alpha value is -1.95. The van der Waals surface area contributed by atoms with E-state index < -0.39 is 6.04 Å². The Morgan fingerprint density at radius 3 is 3.05 bits per heavy atom. The Kier molecular flexibility index (Phi) is 3.40. The van der Waals surface area contributed by atoms with Crippen LogP contribution in [0.4, 0.5) is 0 Å². The Balaban J connectivity index is 2.10. The summed E-state index contributed by atoms with van der Waals surface area (Å²) < 4.78 is 0.963.